The number of rotatable bonds is 4. The molecule has 0 saturated heterocycles. The first kappa shape index (κ1) is 12.5. The largest absolute Gasteiger partial charge is 0.497 e. The van der Waals surface area contributed by atoms with Crippen LogP contribution in [0, 0.1) is 0 Å². The van der Waals surface area contributed by atoms with Gasteiger partial charge in [0.25, 0.3) is 6.43 Å². The molecule has 6 heteroatoms. The van der Waals surface area contributed by atoms with E-state index >= 15 is 0 Å². The molecule has 0 fully saturated rings. The predicted molar refractivity (Wildman–Crippen MR) is 63.0 cm³/mol. The van der Waals surface area contributed by atoms with Gasteiger partial charge in [-0.05, 0) is 12.1 Å². The van der Waals surface area contributed by atoms with E-state index in [0.717, 1.165) is 0 Å². The summed E-state index contributed by atoms with van der Waals surface area (Å²) >= 11 is 0. The molecule has 2 aromatic rings. The number of hydrogen-bond donors (Lipinski definition) is 1. The highest BCUT2D eigenvalue weighted by molar-refractivity contribution is 5.41. The topological polar surface area (TPSA) is 53.1 Å². The molecule has 0 atom stereocenters. The molecule has 0 amide bonds. The third-order valence-corrected chi connectivity index (χ3v) is 2.61. The van der Waals surface area contributed by atoms with Gasteiger partial charge in [-0.15, -0.1) is 0 Å². The highest BCUT2D eigenvalue weighted by Crippen LogP contribution is 2.26. The fraction of sp³-hybridized carbons (Fsp3) is 0.250. The second-order valence-electron chi connectivity index (χ2n) is 3.67. The van der Waals surface area contributed by atoms with Gasteiger partial charge >= 0.3 is 0 Å². The fourth-order valence-corrected chi connectivity index (χ4v) is 1.73. The standard InChI is InChI=1S/C12H13F2N3O/c1-18-10-4-2-3-9(5-10)17-11(12(13)14)8(6-15)7-16-17/h2-5,7,12H,6,15H2,1H3. The van der Waals surface area contributed by atoms with Crippen LogP contribution in [0.4, 0.5) is 8.78 Å². The number of ether oxygens (including phenoxy) is 1. The van der Waals surface area contributed by atoms with Crippen LogP contribution in [0.5, 0.6) is 5.75 Å². The highest BCUT2D eigenvalue weighted by Gasteiger charge is 2.20. The van der Waals surface area contributed by atoms with Crippen molar-refractivity contribution in [3.8, 4) is 11.4 Å². The maximum atomic E-state index is 13.0. The minimum absolute atomic E-state index is 0.0314. The van der Waals surface area contributed by atoms with E-state index in [1.165, 1.54) is 18.0 Å². The summed E-state index contributed by atoms with van der Waals surface area (Å²) < 4.78 is 32.3. The first-order valence-corrected chi connectivity index (χ1v) is 5.36. The molecule has 96 valence electrons. The lowest BCUT2D eigenvalue weighted by Crippen LogP contribution is -2.06. The SMILES string of the molecule is COc1cccc(-n2ncc(CN)c2C(F)F)c1. The summed E-state index contributed by atoms with van der Waals surface area (Å²) in [4.78, 5) is 0. The van der Waals surface area contributed by atoms with Crippen molar-refractivity contribution in [2.45, 2.75) is 13.0 Å². The second-order valence-corrected chi connectivity index (χ2v) is 3.67. The van der Waals surface area contributed by atoms with Crippen LogP contribution in [-0.4, -0.2) is 16.9 Å². The molecule has 0 radical (unpaired) electrons. The fourth-order valence-electron chi connectivity index (χ4n) is 1.73. The van der Waals surface area contributed by atoms with Gasteiger partial charge in [0.1, 0.15) is 11.4 Å². The molecule has 0 saturated carbocycles. The summed E-state index contributed by atoms with van der Waals surface area (Å²) in [5.41, 5.74) is 6.11. The first-order valence-electron chi connectivity index (χ1n) is 5.36. The van der Waals surface area contributed by atoms with E-state index in [9.17, 15) is 8.78 Å². The lowest BCUT2D eigenvalue weighted by Gasteiger charge is -2.09. The van der Waals surface area contributed by atoms with Gasteiger partial charge in [-0.2, -0.15) is 5.10 Å². The zero-order valence-corrected chi connectivity index (χ0v) is 9.81. The van der Waals surface area contributed by atoms with Crippen molar-refractivity contribution in [2.24, 2.45) is 5.73 Å². The quantitative estimate of drug-likeness (QED) is 0.909. The summed E-state index contributed by atoms with van der Waals surface area (Å²) in [7, 11) is 1.52. The lowest BCUT2D eigenvalue weighted by molar-refractivity contribution is 0.141. The van der Waals surface area contributed by atoms with Gasteiger partial charge < -0.3 is 10.5 Å². The molecular weight excluding hydrogens is 240 g/mol. The van der Waals surface area contributed by atoms with E-state index < -0.39 is 6.43 Å². The molecule has 2 N–H and O–H groups in total. The maximum absolute atomic E-state index is 13.0. The van der Waals surface area contributed by atoms with Crippen molar-refractivity contribution < 1.29 is 13.5 Å². The van der Waals surface area contributed by atoms with Crippen LogP contribution < -0.4 is 10.5 Å². The normalized spacial score (nSPS) is 10.9. The Morgan fingerprint density at radius 1 is 1.44 bits per heavy atom. The number of aromatic nitrogens is 2. The molecule has 0 aliphatic carbocycles. The molecule has 4 nitrogen and oxygen atoms in total. The van der Waals surface area contributed by atoms with E-state index in [1.807, 2.05) is 0 Å². The van der Waals surface area contributed by atoms with Crippen LogP contribution >= 0.6 is 0 Å². The average molecular weight is 253 g/mol. The number of benzene rings is 1. The van der Waals surface area contributed by atoms with Crippen molar-refractivity contribution in [2.75, 3.05) is 7.11 Å². The van der Waals surface area contributed by atoms with Gasteiger partial charge in [0, 0.05) is 18.2 Å². The summed E-state index contributed by atoms with van der Waals surface area (Å²) in [5.74, 6) is 0.581. The Labute approximate surface area is 103 Å². The molecule has 18 heavy (non-hydrogen) atoms. The lowest BCUT2D eigenvalue weighted by atomic mass is 10.2. The number of halogens is 2. The smallest absolute Gasteiger partial charge is 0.280 e. The Balaban J connectivity index is 2.52. The zero-order chi connectivity index (χ0) is 13.1. The van der Waals surface area contributed by atoms with Crippen molar-refractivity contribution in [3.05, 3.63) is 41.7 Å². The Bertz CT molecular complexity index is 540. The molecule has 0 bridgehead atoms. The molecule has 1 heterocycles. The van der Waals surface area contributed by atoms with Crippen molar-refractivity contribution >= 4 is 0 Å². The Morgan fingerprint density at radius 3 is 2.83 bits per heavy atom. The van der Waals surface area contributed by atoms with Crippen molar-refractivity contribution in [1.82, 2.24) is 9.78 Å². The second kappa shape index (κ2) is 5.14. The molecule has 2 rings (SSSR count). The van der Waals surface area contributed by atoms with E-state index in [-0.39, 0.29) is 12.2 Å². The van der Waals surface area contributed by atoms with Crippen molar-refractivity contribution in [3.63, 3.8) is 0 Å². The van der Waals surface area contributed by atoms with Gasteiger partial charge in [-0.1, -0.05) is 6.07 Å². The molecule has 0 spiro atoms. The first-order chi connectivity index (χ1) is 8.67. The van der Waals surface area contributed by atoms with Crippen LogP contribution in [0.1, 0.15) is 17.7 Å². The highest BCUT2D eigenvalue weighted by atomic mass is 19.3. The number of nitrogens with zero attached hydrogens (tertiary/aromatic N) is 2. The van der Waals surface area contributed by atoms with E-state index in [4.69, 9.17) is 10.5 Å². The third-order valence-electron chi connectivity index (χ3n) is 2.61. The monoisotopic (exact) mass is 253 g/mol. The molecule has 0 aliphatic heterocycles. The molecule has 1 aromatic heterocycles. The molecule has 1 aromatic carbocycles. The summed E-state index contributed by atoms with van der Waals surface area (Å²) in [6.07, 6.45) is -1.27. The van der Waals surface area contributed by atoms with Gasteiger partial charge in [-0.25, -0.2) is 13.5 Å². The number of alkyl halides is 2. The van der Waals surface area contributed by atoms with Crippen LogP contribution in [-0.2, 0) is 6.54 Å². The number of nitrogens with two attached hydrogens (primary N) is 1. The Kier molecular flexibility index (Phi) is 3.57. The molecule has 0 unspecified atom stereocenters. The van der Waals surface area contributed by atoms with Gasteiger partial charge in [0.2, 0.25) is 0 Å². The molecule has 0 aliphatic rings. The van der Waals surface area contributed by atoms with E-state index in [1.54, 1.807) is 24.3 Å². The summed E-state index contributed by atoms with van der Waals surface area (Å²) in [5, 5.41) is 3.95. The predicted octanol–water partition coefficient (Wildman–Crippen LogP) is 2.28. The summed E-state index contributed by atoms with van der Waals surface area (Å²) in [6, 6.07) is 6.77. The van der Waals surface area contributed by atoms with Gasteiger partial charge in [-0.3, -0.25) is 0 Å². The minimum atomic E-state index is -2.63. The third kappa shape index (κ3) is 2.19. The Morgan fingerprint density at radius 2 is 2.22 bits per heavy atom. The van der Waals surface area contributed by atoms with Crippen LogP contribution in [0.15, 0.2) is 30.5 Å². The summed E-state index contributed by atoms with van der Waals surface area (Å²) in [6.45, 7) is 0.0314. The number of methoxy groups -OCH3 is 1. The number of hydrogen-bond acceptors (Lipinski definition) is 3. The van der Waals surface area contributed by atoms with E-state index in [0.29, 0.717) is 17.0 Å². The van der Waals surface area contributed by atoms with Gasteiger partial charge in [0.05, 0.1) is 19.0 Å². The van der Waals surface area contributed by atoms with Crippen LogP contribution in [0.2, 0.25) is 0 Å². The van der Waals surface area contributed by atoms with Crippen molar-refractivity contribution in [1.29, 1.82) is 0 Å². The van der Waals surface area contributed by atoms with Gasteiger partial charge in [0.15, 0.2) is 0 Å². The van der Waals surface area contributed by atoms with Crippen LogP contribution in [0.25, 0.3) is 5.69 Å². The average Bonchev–Trinajstić information content (AvgIpc) is 2.82. The Hall–Kier alpha value is -1.95. The molecular formula is C12H13F2N3O. The maximum Gasteiger partial charge on any atom is 0.280 e. The minimum Gasteiger partial charge on any atom is -0.497 e. The zero-order valence-electron chi connectivity index (χ0n) is 9.81. The van der Waals surface area contributed by atoms with Crippen LogP contribution in [0.3, 0.4) is 0 Å². The van der Waals surface area contributed by atoms with E-state index in [2.05, 4.69) is 5.10 Å².